The van der Waals surface area contributed by atoms with Crippen molar-refractivity contribution in [1.82, 2.24) is 0 Å². The van der Waals surface area contributed by atoms with Gasteiger partial charge in [-0.2, -0.15) is 0 Å². The minimum atomic E-state index is -0.728. The highest BCUT2D eigenvalue weighted by Crippen LogP contribution is 2.49. The third kappa shape index (κ3) is 2.15. The average molecular weight is 275 g/mol. The maximum absolute atomic E-state index is 11.6. The number of carbonyl (C=O) groups is 1. The van der Waals surface area contributed by atoms with E-state index in [0.29, 0.717) is 22.2 Å². The van der Waals surface area contributed by atoms with E-state index in [1.165, 1.54) is 0 Å². The summed E-state index contributed by atoms with van der Waals surface area (Å²) in [5.74, 6) is -0.369. The number of carbonyl (C=O) groups excluding carboxylic acids is 1. The highest BCUT2D eigenvalue weighted by atomic mass is 35.5. The maximum atomic E-state index is 11.6. The first kappa shape index (κ1) is 12.7. The van der Waals surface area contributed by atoms with Crippen LogP contribution < -0.4 is 0 Å². The molecule has 0 saturated carbocycles. The van der Waals surface area contributed by atoms with Crippen molar-refractivity contribution in [2.75, 3.05) is 6.61 Å². The largest absolute Gasteiger partial charge is 0.464 e. The van der Waals surface area contributed by atoms with Gasteiger partial charge in [-0.15, -0.1) is 0 Å². The van der Waals surface area contributed by atoms with Crippen molar-refractivity contribution in [3.8, 4) is 0 Å². The smallest absolute Gasteiger partial charge is 0.338 e. The first-order valence-corrected chi connectivity index (χ1v) is 6.05. The number of benzene rings is 1. The molecule has 0 bridgehead atoms. The number of hydrogen-bond donors (Lipinski definition) is 0. The zero-order valence-corrected chi connectivity index (χ0v) is 11.0. The Labute approximate surface area is 110 Å². The zero-order valence-electron chi connectivity index (χ0n) is 9.50. The van der Waals surface area contributed by atoms with Gasteiger partial charge in [-0.25, -0.2) is 4.79 Å². The number of rotatable bonds is 3. The van der Waals surface area contributed by atoms with Gasteiger partial charge in [0.1, 0.15) is 5.60 Å². The molecule has 1 fully saturated rings. The number of halogens is 2. The summed E-state index contributed by atoms with van der Waals surface area (Å²) in [7, 11) is 0. The molecule has 2 unspecified atom stereocenters. The van der Waals surface area contributed by atoms with E-state index >= 15 is 0 Å². The van der Waals surface area contributed by atoms with Crippen molar-refractivity contribution in [1.29, 1.82) is 0 Å². The molecular weight excluding hydrogens is 263 g/mol. The highest BCUT2D eigenvalue weighted by molar-refractivity contribution is 6.42. The van der Waals surface area contributed by atoms with Crippen LogP contribution in [0.5, 0.6) is 0 Å². The molecule has 1 aliphatic rings. The molecule has 1 aromatic carbocycles. The molecule has 1 aromatic rings. The van der Waals surface area contributed by atoms with Crippen molar-refractivity contribution in [3.05, 3.63) is 33.8 Å². The zero-order chi connectivity index (χ0) is 12.6. The van der Waals surface area contributed by atoms with Crippen molar-refractivity contribution in [2.24, 2.45) is 0 Å². The van der Waals surface area contributed by atoms with Crippen molar-refractivity contribution >= 4 is 29.2 Å². The summed E-state index contributed by atoms with van der Waals surface area (Å²) < 4.78 is 10.3. The molecule has 0 aliphatic carbocycles. The molecule has 17 heavy (non-hydrogen) atoms. The predicted octanol–water partition coefficient (Wildman–Crippen LogP) is 3.17. The lowest BCUT2D eigenvalue weighted by Gasteiger charge is -2.10. The van der Waals surface area contributed by atoms with Crippen LogP contribution in [0.4, 0.5) is 0 Å². The molecule has 1 aliphatic heterocycles. The molecule has 0 amide bonds. The van der Waals surface area contributed by atoms with Gasteiger partial charge >= 0.3 is 5.97 Å². The van der Waals surface area contributed by atoms with E-state index in [1.54, 1.807) is 32.0 Å². The van der Waals surface area contributed by atoms with E-state index in [4.69, 9.17) is 32.7 Å². The van der Waals surface area contributed by atoms with E-state index < -0.39 is 11.7 Å². The van der Waals surface area contributed by atoms with Gasteiger partial charge in [-0.05, 0) is 19.9 Å². The van der Waals surface area contributed by atoms with Crippen molar-refractivity contribution in [3.63, 3.8) is 0 Å². The Balaban J connectivity index is 2.25. The Hall–Kier alpha value is -0.770. The summed E-state index contributed by atoms with van der Waals surface area (Å²) in [5, 5.41) is 0.868. The van der Waals surface area contributed by atoms with Gasteiger partial charge in [-0.1, -0.05) is 35.3 Å². The van der Waals surface area contributed by atoms with Gasteiger partial charge in [0.15, 0.2) is 6.10 Å². The van der Waals surface area contributed by atoms with Gasteiger partial charge in [0, 0.05) is 5.56 Å². The minimum absolute atomic E-state index is 0.331. The van der Waals surface area contributed by atoms with Crippen LogP contribution >= 0.6 is 23.2 Å². The minimum Gasteiger partial charge on any atom is -0.464 e. The number of hydrogen-bond acceptors (Lipinski definition) is 3. The first-order valence-electron chi connectivity index (χ1n) is 5.29. The highest BCUT2D eigenvalue weighted by Gasteiger charge is 2.60. The molecule has 0 N–H and O–H groups in total. The molecule has 92 valence electrons. The second-order valence-electron chi connectivity index (χ2n) is 3.96. The van der Waals surface area contributed by atoms with Crippen LogP contribution in [0, 0.1) is 0 Å². The summed E-state index contributed by atoms with van der Waals surface area (Å²) in [5.41, 5.74) is -0.0152. The lowest BCUT2D eigenvalue weighted by molar-refractivity contribution is -0.144. The van der Waals surface area contributed by atoms with Crippen LogP contribution in [0.2, 0.25) is 10.0 Å². The van der Waals surface area contributed by atoms with Gasteiger partial charge in [0.2, 0.25) is 0 Å². The fourth-order valence-corrected chi connectivity index (χ4v) is 2.28. The van der Waals surface area contributed by atoms with Crippen LogP contribution in [-0.4, -0.2) is 18.7 Å². The van der Waals surface area contributed by atoms with Crippen LogP contribution in [0.1, 0.15) is 19.4 Å². The Morgan fingerprint density at radius 1 is 1.53 bits per heavy atom. The summed E-state index contributed by atoms with van der Waals surface area (Å²) in [4.78, 5) is 11.6. The van der Waals surface area contributed by atoms with E-state index in [1.807, 2.05) is 0 Å². The van der Waals surface area contributed by atoms with E-state index in [2.05, 4.69) is 0 Å². The Bertz CT molecular complexity index is 461. The summed E-state index contributed by atoms with van der Waals surface area (Å²) >= 11 is 12.0. The van der Waals surface area contributed by atoms with Gasteiger partial charge in [0.05, 0.1) is 16.7 Å². The molecule has 5 heteroatoms. The molecule has 2 atom stereocenters. The molecule has 0 radical (unpaired) electrons. The second-order valence-corrected chi connectivity index (χ2v) is 4.74. The fourth-order valence-electron chi connectivity index (χ4n) is 1.79. The number of esters is 1. The summed E-state index contributed by atoms with van der Waals surface area (Å²) in [6.07, 6.45) is -0.599. The standard InChI is InChI=1S/C12H12Cl2O3/c1-3-16-11(15)10-12(2,17-10)7-5-4-6-8(13)9(7)14/h4-6,10H,3H2,1-2H3. The Morgan fingerprint density at radius 2 is 2.24 bits per heavy atom. The number of epoxide rings is 1. The predicted molar refractivity (Wildman–Crippen MR) is 65.3 cm³/mol. The monoisotopic (exact) mass is 274 g/mol. The molecule has 1 saturated heterocycles. The lowest BCUT2D eigenvalue weighted by Crippen LogP contribution is -2.19. The number of ether oxygens (including phenoxy) is 2. The van der Waals surface area contributed by atoms with Crippen molar-refractivity contribution < 1.29 is 14.3 Å². The molecule has 0 spiro atoms. The normalized spacial score (nSPS) is 26.7. The molecule has 0 aromatic heterocycles. The third-order valence-electron chi connectivity index (χ3n) is 2.79. The van der Waals surface area contributed by atoms with E-state index in [-0.39, 0.29) is 5.97 Å². The molecule has 3 nitrogen and oxygen atoms in total. The summed E-state index contributed by atoms with van der Waals surface area (Å²) in [6.45, 7) is 3.88. The van der Waals surface area contributed by atoms with E-state index in [0.717, 1.165) is 0 Å². The van der Waals surface area contributed by atoms with Crippen LogP contribution in [0.15, 0.2) is 18.2 Å². The lowest BCUT2D eigenvalue weighted by atomic mass is 9.97. The van der Waals surface area contributed by atoms with Crippen LogP contribution in [0.25, 0.3) is 0 Å². The van der Waals surface area contributed by atoms with Crippen LogP contribution in [0.3, 0.4) is 0 Å². The maximum Gasteiger partial charge on any atom is 0.338 e. The van der Waals surface area contributed by atoms with Gasteiger partial charge in [0.25, 0.3) is 0 Å². The van der Waals surface area contributed by atoms with Gasteiger partial charge in [-0.3, -0.25) is 0 Å². The summed E-state index contributed by atoms with van der Waals surface area (Å²) in [6, 6.07) is 5.27. The van der Waals surface area contributed by atoms with E-state index in [9.17, 15) is 4.79 Å². The molecule has 1 heterocycles. The first-order chi connectivity index (χ1) is 8.00. The fraction of sp³-hybridized carbons (Fsp3) is 0.417. The SMILES string of the molecule is CCOC(=O)C1OC1(C)c1cccc(Cl)c1Cl. The van der Waals surface area contributed by atoms with Crippen LogP contribution in [-0.2, 0) is 19.9 Å². The molecule has 2 rings (SSSR count). The third-order valence-corrected chi connectivity index (χ3v) is 3.61. The quantitative estimate of drug-likeness (QED) is 0.628. The Morgan fingerprint density at radius 3 is 2.88 bits per heavy atom. The topological polar surface area (TPSA) is 38.8 Å². The molecular formula is C12H12Cl2O3. The van der Waals surface area contributed by atoms with Crippen molar-refractivity contribution in [2.45, 2.75) is 25.6 Å². The van der Waals surface area contributed by atoms with Gasteiger partial charge < -0.3 is 9.47 Å². The average Bonchev–Trinajstić information content (AvgIpc) is 2.96. The second kappa shape index (κ2) is 4.48. The Kier molecular flexibility index (Phi) is 3.34.